The van der Waals surface area contributed by atoms with E-state index in [9.17, 15) is 13.6 Å². The van der Waals surface area contributed by atoms with Crippen LogP contribution in [-0.2, 0) is 0 Å². The fraction of sp³-hybridized carbons (Fsp3) is 0.133. The molecule has 0 spiro atoms. The first kappa shape index (κ1) is 14.0. The number of aryl methyl sites for hydroxylation is 1. The lowest BCUT2D eigenvalue weighted by molar-refractivity contribution is 0.103. The normalized spacial score (nSPS) is 10.4. The third kappa shape index (κ3) is 2.34. The average Bonchev–Trinajstić information content (AvgIpc) is 2.43. The second-order valence-corrected chi connectivity index (χ2v) is 4.34. The van der Waals surface area contributed by atoms with Gasteiger partial charge in [-0.3, -0.25) is 4.79 Å². The number of carbonyl (C=O) groups is 1. The first-order chi connectivity index (χ1) is 9.45. The number of carbonyl (C=O) groups excluding carboxylic acids is 1. The predicted octanol–water partition coefficient (Wildman–Crippen LogP) is 3.10. The number of nitrogen functional groups attached to an aromatic ring is 1. The number of benzene rings is 2. The summed E-state index contributed by atoms with van der Waals surface area (Å²) < 4.78 is 32.6. The van der Waals surface area contributed by atoms with Gasteiger partial charge in [0.05, 0.1) is 12.7 Å². The zero-order chi connectivity index (χ0) is 14.9. The first-order valence-electron chi connectivity index (χ1n) is 5.88. The molecule has 0 aliphatic rings. The van der Waals surface area contributed by atoms with E-state index in [1.54, 1.807) is 0 Å². The third-order valence-electron chi connectivity index (χ3n) is 3.01. The Bertz CT molecular complexity index is 684. The van der Waals surface area contributed by atoms with E-state index in [2.05, 4.69) is 0 Å². The van der Waals surface area contributed by atoms with Gasteiger partial charge in [-0.25, -0.2) is 8.78 Å². The number of hydrogen-bond donors (Lipinski definition) is 1. The Balaban J connectivity index is 2.55. The van der Waals surface area contributed by atoms with Gasteiger partial charge < -0.3 is 10.5 Å². The molecule has 0 radical (unpaired) electrons. The summed E-state index contributed by atoms with van der Waals surface area (Å²) in [5.41, 5.74) is 5.47. The lowest BCUT2D eigenvalue weighted by Gasteiger charge is -2.09. The number of anilines is 1. The molecule has 0 amide bonds. The fourth-order valence-corrected chi connectivity index (χ4v) is 1.87. The number of ether oxygens (including phenoxy) is 1. The Morgan fingerprint density at radius 3 is 2.50 bits per heavy atom. The summed E-state index contributed by atoms with van der Waals surface area (Å²) in [5.74, 6) is -2.10. The second-order valence-electron chi connectivity index (χ2n) is 4.34. The fourth-order valence-electron chi connectivity index (χ4n) is 1.87. The highest BCUT2D eigenvalue weighted by atomic mass is 19.1. The number of nitrogens with two attached hydrogens (primary N) is 1. The summed E-state index contributed by atoms with van der Waals surface area (Å²) in [6.45, 7) is 1.46. The molecule has 0 unspecified atom stereocenters. The van der Waals surface area contributed by atoms with Gasteiger partial charge in [-0.05, 0) is 30.7 Å². The van der Waals surface area contributed by atoms with E-state index in [4.69, 9.17) is 10.5 Å². The van der Waals surface area contributed by atoms with Gasteiger partial charge in [0.25, 0.3) is 0 Å². The van der Waals surface area contributed by atoms with Crippen LogP contribution in [0, 0.1) is 18.6 Å². The van der Waals surface area contributed by atoms with Crippen molar-refractivity contribution in [2.75, 3.05) is 12.8 Å². The minimum Gasteiger partial charge on any atom is -0.497 e. The molecule has 0 saturated heterocycles. The summed E-state index contributed by atoms with van der Waals surface area (Å²) in [6.07, 6.45) is 0. The highest BCUT2D eigenvalue weighted by Gasteiger charge is 2.22. The minimum absolute atomic E-state index is 0.0363. The predicted molar refractivity (Wildman–Crippen MR) is 71.9 cm³/mol. The van der Waals surface area contributed by atoms with Gasteiger partial charge in [-0.2, -0.15) is 0 Å². The molecule has 3 nitrogen and oxygen atoms in total. The number of halogens is 2. The molecular formula is C15H13F2NO2. The maximum atomic E-state index is 13.9. The molecule has 104 valence electrons. The van der Waals surface area contributed by atoms with Crippen LogP contribution in [0.25, 0.3) is 0 Å². The van der Waals surface area contributed by atoms with Gasteiger partial charge in [-0.1, -0.05) is 6.07 Å². The minimum atomic E-state index is -0.909. The van der Waals surface area contributed by atoms with E-state index >= 15 is 0 Å². The highest BCUT2D eigenvalue weighted by molar-refractivity contribution is 6.12. The van der Waals surface area contributed by atoms with Crippen molar-refractivity contribution in [1.82, 2.24) is 0 Å². The van der Waals surface area contributed by atoms with Crippen LogP contribution in [0.3, 0.4) is 0 Å². The Hall–Kier alpha value is -2.43. The molecule has 0 fully saturated rings. The molecule has 0 bridgehead atoms. The van der Waals surface area contributed by atoms with Crippen molar-refractivity contribution in [3.63, 3.8) is 0 Å². The topological polar surface area (TPSA) is 52.3 Å². The van der Waals surface area contributed by atoms with E-state index in [0.29, 0.717) is 5.75 Å². The lowest BCUT2D eigenvalue weighted by Crippen LogP contribution is -2.11. The van der Waals surface area contributed by atoms with Gasteiger partial charge >= 0.3 is 0 Å². The van der Waals surface area contributed by atoms with Crippen LogP contribution >= 0.6 is 0 Å². The van der Waals surface area contributed by atoms with Crippen molar-refractivity contribution in [3.05, 3.63) is 58.7 Å². The van der Waals surface area contributed by atoms with E-state index in [1.807, 2.05) is 0 Å². The Kier molecular flexibility index (Phi) is 3.70. The zero-order valence-corrected chi connectivity index (χ0v) is 11.0. The standard InChI is InChI=1S/C15H13F2NO2/c1-8-3-6-11(16)13(14(8)17)15(19)10-5-4-9(20-2)7-12(10)18/h3-7H,18H2,1-2H3. The van der Waals surface area contributed by atoms with Crippen molar-refractivity contribution >= 4 is 11.5 Å². The summed E-state index contributed by atoms with van der Waals surface area (Å²) in [4.78, 5) is 12.3. The number of rotatable bonds is 3. The van der Waals surface area contributed by atoms with Gasteiger partial charge in [0.15, 0.2) is 0 Å². The molecule has 0 aliphatic heterocycles. The molecule has 0 aliphatic carbocycles. The monoisotopic (exact) mass is 277 g/mol. The van der Waals surface area contributed by atoms with E-state index in [0.717, 1.165) is 6.07 Å². The van der Waals surface area contributed by atoms with E-state index in [1.165, 1.54) is 38.3 Å². The maximum Gasteiger partial charge on any atom is 0.201 e. The molecule has 20 heavy (non-hydrogen) atoms. The van der Waals surface area contributed by atoms with Crippen molar-refractivity contribution in [1.29, 1.82) is 0 Å². The Labute approximate surface area is 115 Å². The SMILES string of the molecule is COc1ccc(C(=O)c2c(F)ccc(C)c2F)c(N)c1. The van der Waals surface area contributed by atoms with Crippen LogP contribution < -0.4 is 10.5 Å². The molecule has 2 rings (SSSR count). The second kappa shape index (κ2) is 5.28. The molecule has 0 heterocycles. The van der Waals surface area contributed by atoms with Crippen molar-refractivity contribution in [2.24, 2.45) is 0 Å². The summed E-state index contributed by atoms with van der Waals surface area (Å²) in [7, 11) is 1.45. The Morgan fingerprint density at radius 1 is 1.20 bits per heavy atom. The number of ketones is 1. The number of hydrogen-bond acceptors (Lipinski definition) is 3. The summed E-state index contributed by atoms with van der Waals surface area (Å²) in [6, 6.07) is 6.66. The van der Waals surface area contributed by atoms with Gasteiger partial charge in [0.1, 0.15) is 17.4 Å². The van der Waals surface area contributed by atoms with Gasteiger partial charge in [0.2, 0.25) is 5.78 Å². The number of methoxy groups -OCH3 is 1. The summed E-state index contributed by atoms with van der Waals surface area (Å²) >= 11 is 0. The zero-order valence-electron chi connectivity index (χ0n) is 11.0. The average molecular weight is 277 g/mol. The molecule has 0 aromatic heterocycles. The molecule has 5 heteroatoms. The van der Waals surface area contributed by atoms with Crippen LogP contribution in [0.15, 0.2) is 30.3 Å². The van der Waals surface area contributed by atoms with Crippen molar-refractivity contribution in [3.8, 4) is 5.75 Å². The van der Waals surface area contributed by atoms with Crippen molar-refractivity contribution < 1.29 is 18.3 Å². The molecular weight excluding hydrogens is 264 g/mol. The van der Waals surface area contributed by atoms with Crippen LogP contribution in [0.4, 0.5) is 14.5 Å². The largest absolute Gasteiger partial charge is 0.497 e. The highest BCUT2D eigenvalue weighted by Crippen LogP contribution is 2.25. The molecule has 2 aromatic carbocycles. The van der Waals surface area contributed by atoms with Gasteiger partial charge in [-0.15, -0.1) is 0 Å². The smallest absolute Gasteiger partial charge is 0.201 e. The molecule has 0 atom stereocenters. The van der Waals surface area contributed by atoms with E-state index in [-0.39, 0.29) is 16.8 Å². The van der Waals surface area contributed by atoms with E-state index < -0.39 is 23.0 Å². The molecule has 0 saturated carbocycles. The van der Waals surface area contributed by atoms with Crippen molar-refractivity contribution in [2.45, 2.75) is 6.92 Å². The third-order valence-corrected chi connectivity index (χ3v) is 3.01. The van der Waals surface area contributed by atoms with Crippen LogP contribution in [-0.4, -0.2) is 12.9 Å². The van der Waals surface area contributed by atoms with Crippen LogP contribution in [0.2, 0.25) is 0 Å². The van der Waals surface area contributed by atoms with Crippen LogP contribution in [0.5, 0.6) is 5.75 Å². The quantitative estimate of drug-likeness (QED) is 0.693. The van der Waals surface area contributed by atoms with Gasteiger partial charge in [0, 0.05) is 17.3 Å². The molecule has 2 aromatic rings. The maximum absolute atomic E-state index is 13.9. The summed E-state index contributed by atoms with van der Waals surface area (Å²) in [5, 5.41) is 0. The van der Waals surface area contributed by atoms with Crippen LogP contribution in [0.1, 0.15) is 21.5 Å². The first-order valence-corrected chi connectivity index (χ1v) is 5.88. The Morgan fingerprint density at radius 2 is 1.90 bits per heavy atom. The molecule has 2 N–H and O–H groups in total. The lowest BCUT2D eigenvalue weighted by atomic mass is 9.99.